The van der Waals surface area contributed by atoms with Crippen LogP contribution in [-0.2, 0) is 13.1 Å². The number of anilines is 1. The highest BCUT2D eigenvalue weighted by molar-refractivity contribution is 6.03. The van der Waals surface area contributed by atoms with Gasteiger partial charge in [0, 0.05) is 41.6 Å². The Bertz CT molecular complexity index is 1070. The predicted molar refractivity (Wildman–Crippen MR) is 98.1 cm³/mol. The molecule has 0 unspecified atom stereocenters. The van der Waals surface area contributed by atoms with Gasteiger partial charge in [-0.2, -0.15) is 5.10 Å². The fraction of sp³-hybridized carbons (Fsp3) is 0.211. The lowest BCUT2D eigenvalue weighted by atomic mass is 10.2. The summed E-state index contributed by atoms with van der Waals surface area (Å²) in [5.74, 6) is 0.277. The lowest BCUT2D eigenvalue weighted by molar-refractivity contribution is 0.101. The molecule has 0 saturated carbocycles. The number of fused-ring (bicyclic) bond motifs is 1. The van der Waals surface area contributed by atoms with E-state index in [9.17, 15) is 4.79 Å². The number of nitrogens with zero attached hydrogens (tertiary/aromatic N) is 4. The number of hydrogen-bond acceptors (Lipinski definition) is 4. The molecule has 7 nitrogen and oxygen atoms in total. The van der Waals surface area contributed by atoms with Crippen LogP contribution in [0.25, 0.3) is 10.9 Å². The molecule has 132 valence electrons. The Hall–Kier alpha value is -3.35. The second kappa shape index (κ2) is 6.51. The van der Waals surface area contributed by atoms with Crippen LogP contribution in [0.3, 0.4) is 0 Å². The Morgan fingerprint density at radius 2 is 2.15 bits per heavy atom. The number of rotatable bonds is 5. The number of aromatic nitrogens is 4. The molecule has 0 aliphatic rings. The minimum atomic E-state index is -0.300. The SMILES string of the molecule is CCn1ccc2cc(NC(=O)c3cc(Cn4cc(C)cn4)on3)ccc21. The first kappa shape index (κ1) is 16.1. The Morgan fingerprint density at radius 1 is 1.27 bits per heavy atom. The molecular formula is C19H19N5O2. The molecule has 0 saturated heterocycles. The topological polar surface area (TPSA) is 77.9 Å². The van der Waals surface area contributed by atoms with Gasteiger partial charge < -0.3 is 14.4 Å². The maximum atomic E-state index is 12.4. The van der Waals surface area contributed by atoms with Gasteiger partial charge in [-0.1, -0.05) is 5.16 Å². The Kier molecular flexibility index (Phi) is 4.04. The van der Waals surface area contributed by atoms with Gasteiger partial charge in [0.1, 0.15) is 6.54 Å². The van der Waals surface area contributed by atoms with Crippen molar-refractivity contribution in [1.29, 1.82) is 0 Å². The molecule has 0 spiro atoms. The zero-order valence-corrected chi connectivity index (χ0v) is 14.6. The highest BCUT2D eigenvalue weighted by atomic mass is 16.5. The lowest BCUT2D eigenvalue weighted by Crippen LogP contribution is -2.12. The molecule has 0 radical (unpaired) electrons. The van der Waals surface area contributed by atoms with Crippen LogP contribution in [0.15, 0.2) is 53.4 Å². The normalized spacial score (nSPS) is 11.2. The molecule has 4 aromatic rings. The van der Waals surface area contributed by atoms with Crippen molar-refractivity contribution in [1.82, 2.24) is 19.5 Å². The average Bonchev–Trinajstić information content (AvgIpc) is 3.34. The van der Waals surface area contributed by atoms with Crippen LogP contribution in [0.2, 0.25) is 0 Å². The summed E-state index contributed by atoms with van der Waals surface area (Å²) in [6, 6.07) is 9.52. The summed E-state index contributed by atoms with van der Waals surface area (Å²) in [4.78, 5) is 12.4. The van der Waals surface area contributed by atoms with E-state index in [2.05, 4.69) is 27.1 Å². The molecule has 1 amide bonds. The van der Waals surface area contributed by atoms with Crippen molar-refractivity contribution in [2.24, 2.45) is 0 Å². The largest absolute Gasteiger partial charge is 0.359 e. The third-order valence-electron chi connectivity index (χ3n) is 4.24. The summed E-state index contributed by atoms with van der Waals surface area (Å²) in [5.41, 5.74) is 3.18. The molecule has 0 aliphatic heterocycles. The van der Waals surface area contributed by atoms with E-state index in [4.69, 9.17) is 4.52 Å². The molecule has 3 heterocycles. The van der Waals surface area contributed by atoms with Gasteiger partial charge in [0.2, 0.25) is 0 Å². The first-order valence-electron chi connectivity index (χ1n) is 8.47. The van der Waals surface area contributed by atoms with E-state index in [0.717, 1.165) is 28.7 Å². The fourth-order valence-corrected chi connectivity index (χ4v) is 2.96. The van der Waals surface area contributed by atoms with Gasteiger partial charge in [-0.3, -0.25) is 9.48 Å². The monoisotopic (exact) mass is 349 g/mol. The van der Waals surface area contributed by atoms with Crippen LogP contribution in [0, 0.1) is 6.92 Å². The second-order valence-electron chi connectivity index (χ2n) is 6.22. The Labute approximate surface area is 150 Å². The first-order valence-corrected chi connectivity index (χ1v) is 8.47. The van der Waals surface area contributed by atoms with Gasteiger partial charge in [0.25, 0.3) is 5.91 Å². The van der Waals surface area contributed by atoms with Crippen molar-refractivity contribution >= 4 is 22.5 Å². The molecular weight excluding hydrogens is 330 g/mol. The van der Waals surface area contributed by atoms with Gasteiger partial charge in [0.15, 0.2) is 11.5 Å². The molecule has 1 N–H and O–H groups in total. The molecule has 0 bridgehead atoms. The van der Waals surface area contributed by atoms with Crippen molar-refractivity contribution in [2.45, 2.75) is 26.9 Å². The maximum Gasteiger partial charge on any atom is 0.277 e. The number of nitrogens with one attached hydrogen (secondary N) is 1. The van der Waals surface area contributed by atoms with E-state index < -0.39 is 0 Å². The molecule has 1 aromatic carbocycles. The molecule has 7 heteroatoms. The van der Waals surface area contributed by atoms with Crippen LogP contribution in [0.1, 0.15) is 28.7 Å². The number of aryl methyl sites for hydroxylation is 2. The van der Waals surface area contributed by atoms with Gasteiger partial charge >= 0.3 is 0 Å². The molecule has 26 heavy (non-hydrogen) atoms. The molecule has 3 aromatic heterocycles. The van der Waals surface area contributed by atoms with Crippen molar-refractivity contribution < 1.29 is 9.32 Å². The van der Waals surface area contributed by atoms with Crippen LogP contribution in [0.4, 0.5) is 5.69 Å². The summed E-state index contributed by atoms with van der Waals surface area (Å²) in [6.45, 7) is 5.41. The molecule has 0 fully saturated rings. The van der Waals surface area contributed by atoms with Gasteiger partial charge in [-0.05, 0) is 43.7 Å². The van der Waals surface area contributed by atoms with Crippen molar-refractivity contribution in [3.8, 4) is 0 Å². The number of amides is 1. The summed E-state index contributed by atoms with van der Waals surface area (Å²) < 4.78 is 9.14. The molecule has 0 aliphatic carbocycles. The summed E-state index contributed by atoms with van der Waals surface area (Å²) in [5, 5.41) is 12.0. The van der Waals surface area contributed by atoms with E-state index in [1.54, 1.807) is 16.9 Å². The van der Waals surface area contributed by atoms with E-state index >= 15 is 0 Å². The molecule has 0 atom stereocenters. The van der Waals surface area contributed by atoms with Crippen LogP contribution in [-0.4, -0.2) is 25.4 Å². The summed E-state index contributed by atoms with van der Waals surface area (Å²) in [6.07, 6.45) is 5.71. The minimum absolute atomic E-state index is 0.245. The molecule has 4 rings (SSSR count). The average molecular weight is 349 g/mol. The number of benzene rings is 1. The van der Waals surface area contributed by atoms with E-state index in [0.29, 0.717) is 12.3 Å². The summed E-state index contributed by atoms with van der Waals surface area (Å²) >= 11 is 0. The smallest absolute Gasteiger partial charge is 0.277 e. The van der Waals surface area contributed by atoms with E-state index in [1.165, 1.54) is 0 Å². The van der Waals surface area contributed by atoms with Crippen molar-refractivity contribution in [3.05, 3.63) is 65.9 Å². The Balaban J connectivity index is 1.48. The zero-order valence-electron chi connectivity index (χ0n) is 14.6. The maximum absolute atomic E-state index is 12.4. The number of carbonyl (C=O) groups is 1. The first-order chi connectivity index (χ1) is 12.6. The minimum Gasteiger partial charge on any atom is -0.359 e. The van der Waals surface area contributed by atoms with E-state index in [-0.39, 0.29) is 11.6 Å². The zero-order chi connectivity index (χ0) is 18.1. The Morgan fingerprint density at radius 3 is 2.92 bits per heavy atom. The third-order valence-corrected chi connectivity index (χ3v) is 4.24. The van der Waals surface area contributed by atoms with Crippen LogP contribution < -0.4 is 5.32 Å². The highest BCUT2D eigenvalue weighted by Crippen LogP contribution is 2.21. The fourth-order valence-electron chi connectivity index (χ4n) is 2.96. The quantitative estimate of drug-likeness (QED) is 0.598. The standard InChI is InChI=1S/C19H19N5O2/c1-3-23-7-6-14-8-15(4-5-18(14)23)21-19(25)17-9-16(26-22-17)12-24-11-13(2)10-20-24/h4-11H,3,12H2,1-2H3,(H,21,25). The van der Waals surface area contributed by atoms with Crippen molar-refractivity contribution in [2.75, 3.05) is 5.32 Å². The predicted octanol–water partition coefficient (Wildman–Crippen LogP) is 3.45. The van der Waals surface area contributed by atoms with Gasteiger partial charge in [0.05, 0.1) is 6.20 Å². The van der Waals surface area contributed by atoms with Gasteiger partial charge in [-0.15, -0.1) is 0 Å². The number of hydrogen-bond donors (Lipinski definition) is 1. The van der Waals surface area contributed by atoms with Gasteiger partial charge in [-0.25, -0.2) is 0 Å². The van der Waals surface area contributed by atoms with E-state index in [1.807, 2.05) is 43.6 Å². The highest BCUT2D eigenvalue weighted by Gasteiger charge is 2.14. The summed E-state index contributed by atoms with van der Waals surface area (Å²) in [7, 11) is 0. The lowest BCUT2D eigenvalue weighted by Gasteiger charge is -2.04. The third kappa shape index (κ3) is 3.11. The van der Waals surface area contributed by atoms with Crippen LogP contribution in [0.5, 0.6) is 0 Å². The van der Waals surface area contributed by atoms with Crippen LogP contribution >= 0.6 is 0 Å². The van der Waals surface area contributed by atoms with Crippen molar-refractivity contribution in [3.63, 3.8) is 0 Å². The number of carbonyl (C=O) groups excluding carboxylic acids is 1. The second-order valence-corrected chi connectivity index (χ2v) is 6.22.